The Morgan fingerprint density at radius 3 is 1.71 bits per heavy atom. The smallest absolute Gasteiger partial charge is 0.200 e. The average Bonchev–Trinajstić information content (AvgIpc) is 2.23. The molecule has 0 fully saturated rings. The molecule has 1 N–H and O–H groups in total. The van der Waals surface area contributed by atoms with Crippen LogP contribution in [0.2, 0.25) is 0 Å². The van der Waals surface area contributed by atoms with Crippen molar-refractivity contribution in [2.75, 3.05) is 0 Å². The zero-order chi connectivity index (χ0) is 13.3. The zero-order valence-corrected chi connectivity index (χ0v) is 8.53. The van der Waals surface area contributed by atoms with Gasteiger partial charge in [-0.3, -0.25) is 4.79 Å². The molecule has 94 valence electrons. The molecule has 0 radical (unpaired) electrons. The van der Waals surface area contributed by atoms with Gasteiger partial charge in [0.1, 0.15) is 5.78 Å². The van der Waals surface area contributed by atoms with Gasteiger partial charge >= 0.3 is 0 Å². The van der Waals surface area contributed by atoms with Gasteiger partial charge in [-0.25, -0.2) is 22.0 Å². The third-order valence-corrected chi connectivity index (χ3v) is 2.06. The van der Waals surface area contributed by atoms with Crippen LogP contribution in [-0.4, -0.2) is 10.9 Å². The summed E-state index contributed by atoms with van der Waals surface area (Å²) in [5.74, 6) is -11.5. The van der Waals surface area contributed by atoms with Gasteiger partial charge in [0.2, 0.25) is 5.82 Å². The fourth-order valence-corrected chi connectivity index (χ4v) is 1.29. The Kier molecular flexibility index (Phi) is 3.82. The Morgan fingerprint density at radius 1 is 1.00 bits per heavy atom. The fraction of sp³-hybridized carbons (Fsp3) is 0.300. The van der Waals surface area contributed by atoms with Crippen molar-refractivity contribution in [3.63, 3.8) is 0 Å². The van der Waals surface area contributed by atoms with E-state index < -0.39 is 53.0 Å². The van der Waals surface area contributed by atoms with Crippen molar-refractivity contribution in [1.29, 1.82) is 0 Å². The third-order valence-electron chi connectivity index (χ3n) is 2.06. The number of carbonyl (C=O) groups is 1. The van der Waals surface area contributed by atoms with Crippen LogP contribution in [0.15, 0.2) is 0 Å². The average molecular weight is 254 g/mol. The Balaban J connectivity index is 3.38. The quantitative estimate of drug-likeness (QED) is 0.511. The highest BCUT2D eigenvalue weighted by Gasteiger charge is 2.29. The molecule has 0 unspecified atom stereocenters. The molecule has 0 aliphatic heterocycles. The predicted molar refractivity (Wildman–Crippen MR) is 46.5 cm³/mol. The first-order chi connectivity index (χ1) is 7.77. The molecule has 7 heteroatoms. The van der Waals surface area contributed by atoms with E-state index in [4.69, 9.17) is 0 Å². The number of Topliss-reactive ketones (excluding diaryl/α,β-unsaturated/α-hetero) is 1. The number of ketones is 1. The number of hydrogen-bond donors (Lipinski definition) is 1. The van der Waals surface area contributed by atoms with Crippen LogP contribution < -0.4 is 0 Å². The first-order valence-corrected chi connectivity index (χ1v) is 4.46. The van der Waals surface area contributed by atoms with Crippen LogP contribution >= 0.6 is 0 Å². The molecule has 1 rings (SSSR count). The van der Waals surface area contributed by atoms with Gasteiger partial charge in [-0.15, -0.1) is 0 Å². The van der Waals surface area contributed by atoms with Crippen molar-refractivity contribution < 1.29 is 31.9 Å². The molecular formula is C10H7F5O2. The van der Waals surface area contributed by atoms with E-state index in [-0.39, 0.29) is 0 Å². The molecule has 0 aliphatic rings. The topological polar surface area (TPSA) is 37.3 Å². The molecule has 0 bridgehead atoms. The second-order valence-corrected chi connectivity index (χ2v) is 3.41. The number of hydrogen-bond acceptors (Lipinski definition) is 2. The monoisotopic (exact) mass is 254 g/mol. The number of aliphatic hydroxyl groups is 1. The Hall–Kier alpha value is -1.50. The molecule has 0 spiro atoms. The van der Waals surface area contributed by atoms with Crippen LogP contribution in [0.1, 0.15) is 25.0 Å². The van der Waals surface area contributed by atoms with E-state index in [2.05, 4.69) is 0 Å². The van der Waals surface area contributed by atoms with Gasteiger partial charge in [-0.05, 0) is 6.92 Å². The predicted octanol–water partition coefficient (Wildman–Crippen LogP) is 2.39. The van der Waals surface area contributed by atoms with Crippen LogP contribution in [0.4, 0.5) is 22.0 Å². The fourth-order valence-electron chi connectivity index (χ4n) is 1.29. The first-order valence-electron chi connectivity index (χ1n) is 4.46. The maximum Gasteiger partial charge on any atom is 0.200 e. The highest BCUT2D eigenvalue weighted by Crippen LogP contribution is 2.29. The van der Waals surface area contributed by atoms with Crippen LogP contribution in [0.25, 0.3) is 0 Å². The summed E-state index contributed by atoms with van der Waals surface area (Å²) in [6.45, 7) is 1.01. The summed E-state index contributed by atoms with van der Waals surface area (Å²) in [7, 11) is 0. The summed E-state index contributed by atoms with van der Waals surface area (Å²) < 4.78 is 64.4. The Labute approximate surface area is 92.7 Å². The van der Waals surface area contributed by atoms with E-state index in [0.29, 0.717) is 0 Å². The molecule has 1 atom stereocenters. The summed E-state index contributed by atoms with van der Waals surface area (Å²) in [4.78, 5) is 10.6. The number of carbonyl (C=O) groups excluding carboxylic acids is 1. The lowest BCUT2D eigenvalue weighted by atomic mass is 10.0. The molecular weight excluding hydrogens is 247 g/mol. The van der Waals surface area contributed by atoms with E-state index >= 15 is 0 Å². The SMILES string of the molecule is CC(=O)C[C@@H](O)c1c(F)c(F)c(F)c(F)c1F. The maximum atomic E-state index is 13.1. The van der Waals surface area contributed by atoms with Crippen molar-refractivity contribution in [2.45, 2.75) is 19.4 Å². The first kappa shape index (κ1) is 13.6. The number of rotatable bonds is 3. The van der Waals surface area contributed by atoms with Gasteiger partial charge in [0.05, 0.1) is 11.7 Å². The second kappa shape index (κ2) is 4.79. The van der Waals surface area contributed by atoms with E-state index in [1.807, 2.05) is 0 Å². The van der Waals surface area contributed by atoms with Crippen molar-refractivity contribution in [2.24, 2.45) is 0 Å². The van der Waals surface area contributed by atoms with Gasteiger partial charge in [-0.1, -0.05) is 0 Å². The van der Waals surface area contributed by atoms with Crippen molar-refractivity contribution in [1.82, 2.24) is 0 Å². The van der Waals surface area contributed by atoms with Gasteiger partial charge < -0.3 is 5.11 Å². The van der Waals surface area contributed by atoms with E-state index in [1.54, 1.807) is 0 Å². The third kappa shape index (κ3) is 2.44. The summed E-state index contributed by atoms with van der Waals surface area (Å²) in [5, 5.41) is 9.24. The molecule has 1 aromatic carbocycles. The van der Waals surface area contributed by atoms with Crippen LogP contribution in [0.3, 0.4) is 0 Å². The summed E-state index contributed by atoms with van der Waals surface area (Å²) >= 11 is 0. The molecule has 17 heavy (non-hydrogen) atoms. The van der Waals surface area contributed by atoms with Gasteiger partial charge in [0.25, 0.3) is 0 Å². The number of benzene rings is 1. The Bertz CT molecular complexity index is 443. The van der Waals surface area contributed by atoms with E-state index in [9.17, 15) is 31.9 Å². The molecule has 0 saturated carbocycles. The molecule has 2 nitrogen and oxygen atoms in total. The highest BCUT2D eigenvalue weighted by atomic mass is 19.2. The van der Waals surface area contributed by atoms with Gasteiger partial charge in [-0.2, -0.15) is 0 Å². The minimum absolute atomic E-state index is 0.651. The molecule has 0 heterocycles. The molecule has 0 aliphatic carbocycles. The number of aliphatic hydroxyl groups excluding tert-OH is 1. The van der Waals surface area contributed by atoms with Crippen molar-refractivity contribution in [3.8, 4) is 0 Å². The van der Waals surface area contributed by atoms with Gasteiger partial charge in [0.15, 0.2) is 23.3 Å². The van der Waals surface area contributed by atoms with E-state index in [1.165, 1.54) is 0 Å². The standard InChI is InChI=1S/C10H7F5O2/c1-3(16)2-4(17)5-6(11)8(13)10(15)9(14)7(5)12/h4,17H,2H2,1H3/t4-/m1/s1. The highest BCUT2D eigenvalue weighted by molar-refractivity contribution is 5.76. The maximum absolute atomic E-state index is 13.1. The summed E-state index contributed by atoms with van der Waals surface area (Å²) in [6, 6.07) is 0. The van der Waals surface area contributed by atoms with Crippen LogP contribution in [0, 0.1) is 29.1 Å². The summed E-state index contributed by atoms with van der Waals surface area (Å²) in [5.41, 5.74) is -1.39. The van der Waals surface area contributed by atoms with Gasteiger partial charge in [0, 0.05) is 6.42 Å². The number of halogens is 5. The second-order valence-electron chi connectivity index (χ2n) is 3.41. The molecule has 0 saturated heterocycles. The summed E-state index contributed by atoms with van der Waals surface area (Å²) in [6.07, 6.45) is -2.81. The zero-order valence-electron chi connectivity index (χ0n) is 8.53. The van der Waals surface area contributed by atoms with Crippen LogP contribution in [0.5, 0.6) is 0 Å². The van der Waals surface area contributed by atoms with E-state index in [0.717, 1.165) is 6.92 Å². The molecule has 0 aromatic heterocycles. The minimum atomic E-state index is -2.31. The lowest BCUT2D eigenvalue weighted by Gasteiger charge is -2.12. The van der Waals surface area contributed by atoms with Crippen molar-refractivity contribution in [3.05, 3.63) is 34.6 Å². The Morgan fingerprint density at radius 2 is 1.35 bits per heavy atom. The van der Waals surface area contributed by atoms with Crippen LogP contribution in [-0.2, 0) is 4.79 Å². The minimum Gasteiger partial charge on any atom is -0.388 e. The normalized spacial score (nSPS) is 12.6. The molecule has 1 aromatic rings. The molecule has 0 amide bonds. The lowest BCUT2D eigenvalue weighted by Crippen LogP contribution is -2.13. The van der Waals surface area contributed by atoms with Crippen molar-refractivity contribution >= 4 is 5.78 Å². The largest absolute Gasteiger partial charge is 0.388 e. The lowest BCUT2D eigenvalue weighted by molar-refractivity contribution is -0.119.